The predicted octanol–water partition coefficient (Wildman–Crippen LogP) is 2.27. The van der Waals surface area contributed by atoms with Crippen LogP contribution < -0.4 is 5.32 Å². The van der Waals surface area contributed by atoms with Gasteiger partial charge >= 0.3 is 0 Å². The SMILES string of the molecule is C[C@H]1CN(Cc2ncc(-c3ccc(F)cc3)o2)CCN1. The predicted molar refractivity (Wildman–Crippen MR) is 74.6 cm³/mol. The smallest absolute Gasteiger partial charge is 0.209 e. The van der Waals surface area contributed by atoms with Gasteiger partial charge in [-0.15, -0.1) is 0 Å². The quantitative estimate of drug-likeness (QED) is 0.933. The van der Waals surface area contributed by atoms with Gasteiger partial charge in [0.1, 0.15) is 5.82 Å². The van der Waals surface area contributed by atoms with Crippen molar-refractivity contribution in [3.05, 3.63) is 42.2 Å². The highest BCUT2D eigenvalue weighted by molar-refractivity contribution is 5.55. The molecule has 1 fully saturated rings. The summed E-state index contributed by atoms with van der Waals surface area (Å²) in [6.07, 6.45) is 1.70. The van der Waals surface area contributed by atoms with Crippen LogP contribution in [0.1, 0.15) is 12.8 Å². The minimum absolute atomic E-state index is 0.247. The fraction of sp³-hybridized carbons (Fsp3) is 0.400. The molecule has 0 unspecified atom stereocenters. The van der Waals surface area contributed by atoms with Gasteiger partial charge in [0.2, 0.25) is 5.89 Å². The number of aromatic nitrogens is 1. The summed E-state index contributed by atoms with van der Waals surface area (Å²) in [7, 11) is 0. The van der Waals surface area contributed by atoms with Gasteiger partial charge in [0.05, 0.1) is 12.7 Å². The Morgan fingerprint density at radius 2 is 2.20 bits per heavy atom. The van der Waals surface area contributed by atoms with Gasteiger partial charge in [0.15, 0.2) is 5.76 Å². The largest absolute Gasteiger partial charge is 0.439 e. The Morgan fingerprint density at radius 3 is 2.95 bits per heavy atom. The molecule has 2 aromatic rings. The van der Waals surface area contributed by atoms with Crippen LogP contribution >= 0.6 is 0 Å². The van der Waals surface area contributed by atoms with Crippen molar-refractivity contribution in [1.29, 1.82) is 0 Å². The first kappa shape index (κ1) is 13.3. The summed E-state index contributed by atoms with van der Waals surface area (Å²) in [5.41, 5.74) is 0.846. The lowest BCUT2D eigenvalue weighted by atomic mass is 10.2. The Balaban J connectivity index is 1.69. The van der Waals surface area contributed by atoms with Crippen molar-refractivity contribution in [2.24, 2.45) is 0 Å². The van der Waals surface area contributed by atoms with E-state index >= 15 is 0 Å². The van der Waals surface area contributed by atoms with Crippen LogP contribution in [0.5, 0.6) is 0 Å². The molecule has 1 aromatic carbocycles. The lowest BCUT2D eigenvalue weighted by Crippen LogP contribution is -2.48. The van der Waals surface area contributed by atoms with E-state index in [4.69, 9.17) is 4.42 Å². The van der Waals surface area contributed by atoms with E-state index in [9.17, 15) is 4.39 Å². The van der Waals surface area contributed by atoms with Crippen LogP contribution in [-0.4, -0.2) is 35.6 Å². The van der Waals surface area contributed by atoms with Crippen LogP contribution in [0.4, 0.5) is 4.39 Å². The maximum absolute atomic E-state index is 12.9. The zero-order valence-electron chi connectivity index (χ0n) is 11.5. The fourth-order valence-electron chi connectivity index (χ4n) is 2.48. The number of halogens is 1. The Labute approximate surface area is 117 Å². The molecule has 4 nitrogen and oxygen atoms in total. The van der Waals surface area contributed by atoms with Gasteiger partial charge in [-0.05, 0) is 31.2 Å². The third kappa shape index (κ3) is 3.05. The molecule has 1 aromatic heterocycles. The molecule has 0 radical (unpaired) electrons. The first-order valence-electron chi connectivity index (χ1n) is 6.87. The van der Waals surface area contributed by atoms with Crippen LogP contribution in [0.2, 0.25) is 0 Å². The van der Waals surface area contributed by atoms with Crippen molar-refractivity contribution >= 4 is 0 Å². The van der Waals surface area contributed by atoms with Crippen molar-refractivity contribution < 1.29 is 8.81 Å². The van der Waals surface area contributed by atoms with E-state index in [2.05, 4.69) is 22.1 Å². The Kier molecular flexibility index (Phi) is 3.80. The van der Waals surface area contributed by atoms with Gasteiger partial charge in [0, 0.05) is 31.2 Å². The lowest BCUT2D eigenvalue weighted by molar-refractivity contribution is 0.184. The summed E-state index contributed by atoms with van der Waals surface area (Å²) in [5, 5.41) is 3.41. The number of piperazine rings is 1. The van der Waals surface area contributed by atoms with Gasteiger partial charge in [-0.25, -0.2) is 9.37 Å². The number of nitrogens with zero attached hydrogens (tertiary/aromatic N) is 2. The minimum atomic E-state index is -0.247. The molecule has 106 valence electrons. The van der Waals surface area contributed by atoms with E-state index in [0.29, 0.717) is 24.2 Å². The number of oxazole rings is 1. The van der Waals surface area contributed by atoms with E-state index in [-0.39, 0.29) is 5.82 Å². The van der Waals surface area contributed by atoms with E-state index in [1.807, 2.05) is 0 Å². The number of rotatable bonds is 3. The second-order valence-corrected chi connectivity index (χ2v) is 5.22. The van der Waals surface area contributed by atoms with Crippen molar-refractivity contribution in [3.8, 4) is 11.3 Å². The van der Waals surface area contributed by atoms with Crippen molar-refractivity contribution in [2.75, 3.05) is 19.6 Å². The number of hydrogen-bond acceptors (Lipinski definition) is 4. The lowest BCUT2D eigenvalue weighted by Gasteiger charge is -2.30. The summed E-state index contributed by atoms with van der Waals surface area (Å²) in [6.45, 7) is 5.87. The second-order valence-electron chi connectivity index (χ2n) is 5.22. The second kappa shape index (κ2) is 5.73. The summed E-state index contributed by atoms with van der Waals surface area (Å²) in [4.78, 5) is 6.63. The Morgan fingerprint density at radius 1 is 1.40 bits per heavy atom. The van der Waals surface area contributed by atoms with Gasteiger partial charge < -0.3 is 9.73 Å². The van der Waals surface area contributed by atoms with Gasteiger partial charge in [-0.1, -0.05) is 0 Å². The normalized spacial score (nSPS) is 20.2. The number of benzene rings is 1. The molecule has 0 spiro atoms. The fourth-order valence-corrected chi connectivity index (χ4v) is 2.48. The molecule has 1 saturated heterocycles. The van der Waals surface area contributed by atoms with Crippen LogP contribution in [0.15, 0.2) is 34.9 Å². The molecular weight excluding hydrogens is 257 g/mol. The highest BCUT2D eigenvalue weighted by Gasteiger charge is 2.17. The molecule has 0 saturated carbocycles. The molecule has 3 rings (SSSR count). The maximum atomic E-state index is 12.9. The van der Waals surface area contributed by atoms with Gasteiger partial charge in [-0.2, -0.15) is 0 Å². The molecular formula is C15H18FN3O. The zero-order chi connectivity index (χ0) is 13.9. The van der Waals surface area contributed by atoms with E-state index in [1.165, 1.54) is 12.1 Å². The van der Waals surface area contributed by atoms with E-state index in [0.717, 1.165) is 25.2 Å². The molecule has 20 heavy (non-hydrogen) atoms. The summed E-state index contributed by atoms with van der Waals surface area (Å²) in [5.74, 6) is 1.14. The van der Waals surface area contributed by atoms with Crippen LogP contribution in [-0.2, 0) is 6.54 Å². The highest BCUT2D eigenvalue weighted by atomic mass is 19.1. The van der Waals surface area contributed by atoms with Crippen molar-refractivity contribution in [3.63, 3.8) is 0 Å². The third-order valence-corrected chi connectivity index (χ3v) is 3.49. The summed E-state index contributed by atoms with van der Waals surface area (Å²) < 4.78 is 18.6. The standard InChI is InChI=1S/C15H18FN3O/c1-11-9-19(7-6-17-11)10-15-18-8-14(20-15)12-2-4-13(16)5-3-12/h2-5,8,11,17H,6-7,9-10H2,1H3/t11-/m0/s1. The third-order valence-electron chi connectivity index (χ3n) is 3.49. The van der Waals surface area contributed by atoms with Crippen molar-refractivity contribution in [1.82, 2.24) is 15.2 Å². The maximum Gasteiger partial charge on any atom is 0.209 e. The molecule has 1 N–H and O–H groups in total. The Bertz CT molecular complexity index is 567. The monoisotopic (exact) mass is 275 g/mol. The number of nitrogens with one attached hydrogen (secondary N) is 1. The molecule has 0 bridgehead atoms. The molecule has 1 aliphatic heterocycles. The Hall–Kier alpha value is -1.72. The summed E-state index contributed by atoms with van der Waals surface area (Å²) in [6, 6.07) is 6.75. The topological polar surface area (TPSA) is 41.3 Å². The average Bonchev–Trinajstić information content (AvgIpc) is 2.88. The average molecular weight is 275 g/mol. The highest BCUT2D eigenvalue weighted by Crippen LogP contribution is 2.21. The summed E-state index contributed by atoms with van der Waals surface area (Å²) >= 11 is 0. The first-order valence-corrected chi connectivity index (χ1v) is 6.87. The van der Waals surface area contributed by atoms with E-state index in [1.54, 1.807) is 18.3 Å². The molecule has 1 aliphatic rings. The van der Waals surface area contributed by atoms with Crippen molar-refractivity contribution in [2.45, 2.75) is 19.5 Å². The van der Waals surface area contributed by atoms with Crippen LogP contribution in [0.25, 0.3) is 11.3 Å². The molecule has 0 aliphatic carbocycles. The first-order chi connectivity index (χ1) is 9.70. The molecule has 2 heterocycles. The zero-order valence-corrected chi connectivity index (χ0v) is 11.5. The van der Waals surface area contributed by atoms with Gasteiger partial charge in [-0.3, -0.25) is 4.90 Å². The van der Waals surface area contributed by atoms with E-state index < -0.39 is 0 Å². The molecule has 5 heteroatoms. The van der Waals surface area contributed by atoms with Crippen LogP contribution in [0.3, 0.4) is 0 Å². The number of hydrogen-bond donors (Lipinski definition) is 1. The molecule has 0 amide bonds. The van der Waals surface area contributed by atoms with Gasteiger partial charge in [0.25, 0.3) is 0 Å². The molecule has 1 atom stereocenters. The van der Waals surface area contributed by atoms with Crippen LogP contribution in [0, 0.1) is 5.82 Å². The minimum Gasteiger partial charge on any atom is -0.439 e.